The molecule has 1 saturated heterocycles. The molecule has 2 aromatic rings. The molecule has 0 aliphatic carbocycles. The number of nitrogens with one attached hydrogen (secondary N) is 1. The number of hydrogen-bond donors (Lipinski definition) is 1. The molecule has 1 aromatic heterocycles. The van der Waals surface area contributed by atoms with Crippen LogP contribution >= 0.6 is 23.1 Å². The number of nitrogens with zero attached hydrogens (tertiary/aromatic N) is 1. The molecule has 1 aliphatic heterocycles. The van der Waals surface area contributed by atoms with E-state index in [9.17, 15) is 19.2 Å². The summed E-state index contributed by atoms with van der Waals surface area (Å²) in [5.74, 6) is -0.944. The highest BCUT2D eigenvalue weighted by Crippen LogP contribution is 2.35. The lowest BCUT2D eigenvalue weighted by Gasteiger charge is -2.17. The van der Waals surface area contributed by atoms with Crippen LogP contribution in [0.25, 0.3) is 0 Å². The summed E-state index contributed by atoms with van der Waals surface area (Å²) < 4.78 is 13.3. The molecule has 1 atom stereocenters. The Kier molecular flexibility index (Phi) is 5.31. The maximum Gasteiger partial charge on any atom is 0.235 e. The number of thioether (sulfide) groups is 1. The van der Waals surface area contributed by atoms with Crippen molar-refractivity contribution in [2.45, 2.75) is 12.3 Å². The Morgan fingerprint density at radius 3 is 2.64 bits per heavy atom. The summed E-state index contributed by atoms with van der Waals surface area (Å²) in [6, 6.07) is 11.4. The second-order valence-corrected chi connectivity index (χ2v) is 7.33. The molecule has 1 N–H and O–H groups in total. The molecule has 3 rings (SSSR count). The minimum atomic E-state index is -0.541. The third-order valence-corrected chi connectivity index (χ3v) is 5.70. The maximum absolute atomic E-state index is 13.3. The Balaban J connectivity index is 1.99. The average Bonchev–Trinajstić information content (AvgIpc) is 3.27. The highest BCUT2D eigenvalue weighted by atomic mass is 32.2. The van der Waals surface area contributed by atoms with Crippen LogP contribution in [0.15, 0.2) is 52.4 Å². The standard InChI is InChI=1S/C18H13FN2O2S2/c19-12-5-3-11(4-6-12)13(8-15(22)16-2-1-7-24-16)14(9-20)18-21-17(23)10-25-18/h1-7,13H,8,10H2,(H,21,23)/b18-14+/t13-/m0/s1. The molecule has 0 spiro atoms. The minimum absolute atomic E-state index is 0.0783. The molecule has 1 fully saturated rings. The quantitative estimate of drug-likeness (QED) is 0.639. The lowest BCUT2D eigenvalue weighted by atomic mass is 9.87. The van der Waals surface area contributed by atoms with Gasteiger partial charge in [-0.15, -0.1) is 11.3 Å². The number of amides is 1. The van der Waals surface area contributed by atoms with E-state index < -0.39 is 5.92 Å². The summed E-state index contributed by atoms with van der Waals surface area (Å²) in [4.78, 5) is 24.7. The van der Waals surface area contributed by atoms with Crippen LogP contribution in [0.5, 0.6) is 0 Å². The number of Topliss-reactive ketones (excluding diaryl/α,β-unsaturated/α-hetero) is 1. The molecule has 1 aliphatic rings. The van der Waals surface area contributed by atoms with Crippen molar-refractivity contribution in [3.63, 3.8) is 0 Å². The van der Waals surface area contributed by atoms with Gasteiger partial charge in [-0.05, 0) is 29.1 Å². The molecule has 0 bridgehead atoms. The number of benzene rings is 1. The first-order chi connectivity index (χ1) is 12.1. The Hall–Kier alpha value is -2.43. The molecule has 126 valence electrons. The Morgan fingerprint density at radius 2 is 2.08 bits per heavy atom. The van der Waals surface area contributed by atoms with Crippen LogP contribution in [-0.2, 0) is 4.79 Å². The molecule has 0 unspecified atom stereocenters. The van der Waals surface area contributed by atoms with Gasteiger partial charge in [0.25, 0.3) is 0 Å². The summed E-state index contributed by atoms with van der Waals surface area (Å²) in [5, 5.41) is 14.6. The molecule has 0 radical (unpaired) electrons. The van der Waals surface area contributed by atoms with Gasteiger partial charge < -0.3 is 5.32 Å². The molecule has 4 nitrogen and oxygen atoms in total. The normalized spacial score (nSPS) is 16.9. The van der Waals surface area contributed by atoms with Crippen LogP contribution in [0.1, 0.15) is 27.6 Å². The fourth-order valence-electron chi connectivity index (χ4n) is 2.57. The monoisotopic (exact) mass is 372 g/mol. The van der Waals surface area contributed by atoms with E-state index in [1.54, 1.807) is 24.3 Å². The van der Waals surface area contributed by atoms with Crippen molar-refractivity contribution in [2.75, 3.05) is 5.75 Å². The molecule has 0 saturated carbocycles. The number of carbonyl (C=O) groups excluding carboxylic acids is 2. The average molecular weight is 372 g/mol. The lowest BCUT2D eigenvalue weighted by Crippen LogP contribution is -2.18. The van der Waals surface area contributed by atoms with Crippen molar-refractivity contribution in [1.82, 2.24) is 5.32 Å². The van der Waals surface area contributed by atoms with E-state index in [0.29, 0.717) is 21.0 Å². The number of hydrogen-bond acceptors (Lipinski definition) is 5. The second kappa shape index (κ2) is 7.64. The summed E-state index contributed by atoms with van der Waals surface area (Å²) in [7, 11) is 0. The third-order valence-electron chi connectivity index (χ3n) is 3.77. The zero-order valence-electron chi connectivity index (χ0n) is 13.0. The summed E-state index contributed by atoms with van der Waals surface area (Å²) in [5.41, 5.74) is 0.990. The van der Waals surface area contributed by atoms with Gasteiger partial charge in [0.15, 0.2) is 5.78 Å². The van der Waals surface area contributed by atoms with Gasteiger partial charge in [0.1, 0.15) is 5.82 Å². The van der Waals surface area contributed by atoms with Gasteiger partial charge in [-0.25, -0.2) is 4.39 Å². The highest BCUT2D eigenvalue weighted by molar-refractivity contribution is 8.04. The number of allylic oxidation sites excluding steroid dienone is 1. The van der Waals surface area contributed by atoms with Crippen LogP contribution in [0.4, 0.5) is 4.39 Å². The fourth-order valence-corrected chi connectivity index (χ4v) is 4.13. The van der Waals surface area contributed by atoms with Gasteiger partial charge in [-0.3, -0.25) is 9.59 Å². The molecular weight excluding hydrogens is 359 g/mol. The number of thiophene rings is 1. The van der Waals surface area contributed by atoms with Crippen LogP contribution in [0.2, 0.25) is 0 Å². The fraction of sp³-hybridized carbons (Fsp3) is 0.167. The van der Waals surface area contributed by atoms with E-state index in [1.165, 1.54) is 35.2 Å². The van der Waals surface area contributed by atoms with Crippen LogP contribution in [0, 0.1) is 17.1 Å². The lowest BCUT2D eigenvalue weighted by molar-refractivity contribution is -0.117. The van der Waals surface area contributed by atoms with Crippen LogP contribution in [0.3, 0.4) is 0 Å². The Labute approximate surface area is 152 Å². The van der Waals surface area contributed by atoms with Crippen molar-refractivity contribution in [1.29, 1.82) is 5.26 Å². The van der Waals surface area contributed by atoms with Crippen molar-refractivity contribution in [3.05, 3.63) is 68.6 Å². The van der Waals surface area contributed by atoms with Gasteiger partial charge in [-0.2, -0.15) is 5.26 Å². The van der Waals surface area contributed by atoms with E-state index in [1.807, 2.05) is 5.38 Å². The third kappa shape index (κ3) is 3.98. The first-order valence-corrected chi connectivity index (χ1v) is 9.34. The smallest absolute Gasteiger partial charge is 0.235 e. The topological polar surface area (TPSA) is 70.0 Å². The van der Waals surface area contributed by atoms with Gasteiger partial charge in [-0.1, -0.05) is 30.0 Å². The SMILES string of the molecule is N#C/C(=C1/NC(=O)CS1)[C@@H](CC(=O)c1cccs1)c1ccc(F)cc1. The highest BCUT2D eigenvalue weighted by Gasteiger charge is 2.28. The number of halogens is 1. The molecule has 7 heteroatoms. The van der Waals surface area contributed by atoms with Crippen molar-refractivity contribution >= 4 is 34.8 Å². The van der Waals surface area contributed by atoms with E-state index in [-0.39, 0.29) is 29.7 Å². The van der Waals surface area contributed by atoms with E-state index in [4.69, 9.17) is 0 Å². The maximum atomic E-state index is 13.3. The largest absolute Gasteiger partial charge is 0.319 e. The molecule has 25 heavy (non-hydrogen) atoms. The summed E-state index contributed by atoms with van der Waals surface area (Å²) >= 11 is 2.59. The predicted octanol–water partition coefficient (Wildman–Crippen LogP) is 3.84. The van der Waals surface area contributed by atoms with Gasteiger partial charge in [0, 0.05) is 12.3 Å². The minimum Gasteiger partial charge on any atom is -0.319 e. The van der Waals surface area contributed by atoms with Crippen LogP contribution in [-0.4, -0.2) is 17.4 Å². The van der Waals surface area contributed by atoms with E-state index in [0.717, 1.165) is 0 Å². The van der Waals surface area contributed by atoms with Crippen molar-refractivity contribution in [3.8, 4) is 6.07 Å². The molecule has 2 heterocycles. The van der Waals surface area contributed by atoms with Gasteiger partial charge >= 0.3 is 0 Å². The second-order valence-electron chi connectivity index (χ2n) is 5.40. The number of carbonyl (C=O) groups is 2. The Morgan fingerprint density at radius 1 is 1.32 bits per heavy atom. The molecule has 1 amide bonds. The molecular formula is C18H13FN2O2S2. The van der Waals surface area contributed by atoms with Gasteiger partial charge in [0.2, 0.25) is 5.91 Å². The molecule has 1 aromatic carbocycles. The summed E-state index contributed by atoms with van der Waals surface area (Å²) in [6.45, 7) is 0. The zero-order valence-corrected chi connectivity index (χ0v) is 14.6. The van der Waals surface area contributed by atoms with Crippen molar-refractivity contribution < 1.29 is 14.0 Å². The van der Waals surface area contributed by atoms with Gasteiger partial charge in [0.05, 0.1) is 27.3 Å². The Bertz CT molecular complexity index is 867. The zero-order chi connectivity index (χ0) is 17.8. The van der Waals surface area contributed by atoms with E-state index in [2.05, 4.69) is 11.4 Å². The van der Waals surface area contributed by atoms with Crippen molar-refractivity contribution in [2.24, 2.45) is 0 Å². The first kappa shape index (κ1) is 17.4. The number of rotatable bonds is 5. The van der Waals surface area contributed by atoms with Crippen LogP contribution < -0.4 is 5.32 Å². The summed E-state index contributed by atoms with van der Waals surface area (Å²) in [6.07, 6.45) is 0.0783. The van der Waals surface area contributed by atoms with E-state index >= 15 is 0 Å². The number of nitriles is 1. The number of ketones is 1. The predicted molar refractivity (Wildman–Crippen MR) is 95.6 cm³/mol. The first-order valence-electron chi connectivity index (χ1n) is 7.47.